The molecule has 1 aliphatic rings. The van der Waals surface area contributed by atoms with E-state index in [2.05, 4.69) is 51.0 Å². The number of carbonyl (C=O) groups excluding carboxylic acids is 1. The molecule has 1 N–H and O–H groups in total. The number of likely N-dealkylation sites (tertiary alicyclic amines) is 1. The molecule has 1 saturated heterocycles. The Labute approximate surface area is 210 Å². The summed E-state index contributed by atoms with van der Waals surface area (Å²) in [7, 11) is 0. The molecule has 35 heavy (non-hydrogen) atoms. The Morgan fingerprint density at radius 2 is 1.74 bits per heavy atom. The van der Waals surface area contributed by atoms with E-state index in [1.165, 1.54) is 24.0 Å². The van der Waals surface area contributed by atoms with Crippen LogP contribution in [0.5, 0.6) is 0 Å². The predicted molar refractivity (Wildman–Crippen MR) is 142 cm³/mol. The van der Waals surface area contributed by atoms with Crippen molar-refractivity contribution in [3.05, 3.63) is 89.2 Å². The number of nitrogens with one attached hydrogen (secondary N) is 1. The highest BCUT2D eigenvalue weighted by molar-refractivity contribution is 7.98. The number of thioether (sulfide) groups is 1. The van der Waals surface area contributed by atoms with E-state index in [4.69, 9.17) is 4.98 Å². The maximum absolute atomic E-state index is 12.5. The van der Waals surface area contributed by atoms with Crippen molar-refractivity contribution in [2.75, 3.05) is 26.2 Å². The minimum absolute atomic E-state index is 0.00390. The molecule has 6 nitrogen and oxygen atoms in total. The summed E-state index contributed by atoms with van der Waals surface area (Å²) in [5, 5.41) is 4.02. The van der Waals surface area contributed by atoms with Crippen molar-refractivity contribution in [2.45, 2.75) is 37.2 Å². The molecule has 1 amide bonds. The van der Waals surface area contributed by atoms with Gasteiger partial charge in [0, 0.05) is 30.6 Å². The van der Waals surface area contributed by atoms with Crippen molar-refractivity contribution in [3.8, 4) is 0 Å². The number of hydrogen-bond donors (Lipinski definition) is 1. The fraction of sp³-hybridized carbons (Fsp3) is 0.321. The Hall–Kier alpha value is -3.16. The number of aromatic nitrogens is 3. The topological polar surface area (TPSA) is 63.1 Å². The molecule has 7 heteroatoms. The molecule has 0 unspecified atom stereocenters. The molecule has 4 aromatic rings. The van der Waals surface area contributed by atoms with Gasteiger partial charge in [-0.25, -0.2) is 4.98 Å². The van der Waals surface area contributed by atoms with Crippen LogP contribution in [0.1, 0.15) is 39.9 Å². The summed E-state index contributed by atoms with van der Waals surface area (Å²) >= 11 is 1.71. The minimum Gasteiger partial charge on any atom is -0.351 e. The lowest BCUT2D eigenvalue weighted by molar-refractivity contribution is 0.0949. The standard InChI is InChI=1S/C28H31N5OS/c1-21-4-6-22(7-5-21)19-33-26-18-29-13-12-25(26)31-28(33)35-20-23-8-10-24(11-9-23)27(34)30-14-17-32-15-2-3-16-32/h4-13,18H,2-3,14-17,19-20H2,1H3,(H,30,34). The van der Waals surface area contributed by atoms with E-state index < -0.39 is 0 Å². The second-order valence-electron chi connectivity index (χ2n) is 9.12. The summed E-state index contributed by atoms with van der Waals surface area (Å²) in [4.78, 5) is 24.1. The molecule has 5 rings (SSSR count). The van der Waals surface area contributed by atoms with Gasteiger partial charge in [-0.1, -0.05) is 53.7 Å². The van der Waals surface area contributed by atoms with Gasteiger partial charge in [0.2, 0.25) is 0 Å². The molecule has 0 saturated carbocycles. The number of carbonyl (C=O) groups is 1. The maximum atomic E-state index is 12.5. The van der Waals surface area contributed by atoms with Gasteiger partial charge >= 0.3 is 0 Å². The molecule has 180 valence electrons. The van der Waals surface area contributed by atoms with Gasteiger partial charge in [0.15, 0.2) is 5.16 Å². The number of amides is 1. The van der Waals surface area contributed by atoms with Crippen molar-refractivity contribution in [1.82, 2.24) is 24.8 Å². The van der Waals surface area contributed by atoms with E-state index in [0.29, 0.717) is 12.1 Å². The Bertz CT molecular complexity index is 1280. The van der Waals surface area contributed by atoms with E-state index in [9.17, 15) is 4.79 Å². The van der Waals surface area contributed by atoms with E-state index in [0.717, 1.165) is 53.7 Å². The molecule has 1 fully saturated rings. The van der Waals surface area contributed by atoms with Crippen molar-refractivity contribution in [2.24, 2.45) is 0 Å². The molecular formula is C28H31N5OS. The zero-order chi connectivity index (χ0) is 24.0. The summed E-state index contributed by atoms with van der Waals surface area (Å²) in [6.45, 7) is 6.78. The molecule has 3 heterocycles. The van der Waals surface area contributed by atoms with Gasteiger partial charge < -0.3 is 14.8 Å². The van der Waals surface area contributed by atoms with E-state index >= 15 is 0 Å². The quantitative estimate of drug-likeness (QED) is 0.342. The van der Waals surface area contributed by atoms with E-state index in [1.54, 1.807) is 18.0 Å². The van der Waals surface area contributed by atoms with E-state index in [1.807, 2.05) is 36.5 Å². The van der Waals surface area contributed by atoms with Crippen LogP contribution in [-0.4, -0.2) is 51.5 Å². The molecule has 0 aliphatic carbocycles. The molecule has 0 bridgehead atoms. The highest BCUT2D eigenvalue weighted by Crippen LogP contribution is 2.27. The normalized spacial score (nSPS) is 14.0. The lowest BCUT2D eigenvalue weighted by Gasteiger charge is -2.14. The van der Waals surface area contributed by atoms with Crippen LogP contribution >= 0.6 is 11.8 Å². The molecular weight excluding hydrogens is 454 g/mol. The van der Waals surface area contributed by atoms with Gasteiger partial charge in [0.05, 0.1) is 23.8 Å². The van der Waals surface area contributed by atoms with Crippen LogP contribution in [0, 0.1) is 6.92 Å². The minimum atomic E-state index is -0.00390. The Balaban J connectivity index is 1.22. The SMILES string of the molecule is Cc1ccc(Cn2c(SCc3ccc(C(=O)NCCN4CCCC4)cc3)nc3ccncc32)cc1. The van der Waals surface area contributed by atoms with Crippen LogP contribution in [0.15, 0.2) is 72.1 Å². The third kappa shape index (κ3) is 5.92. The molecule has 0 atom stereocenters. The first-order chi connectivity index (χ1) is 17.2. The number of rotatable bonds is 9. The smallest absolute Gasteiger partial charge is 0.251 e. The first-order valence-corrected chi connectivity index (χ1v) is 13.2. The van der Waals surface area contributed by atoms with Crippen LogP contribution in [0.2, 0.25) is 0 Å². The number of imidazole rings is 1. The van der Waals surface area contributed by atoms with Crippen molar-refractivity contribution in [1.29, 1.82) is 0 Å². The monoisotopic (exact) mass is 485 g/mol. The summed E-state index contributed by atoms with van der Waals surface area (Å²) in [6.07, 6.45) is 6.21. The van der Waals surface area contributed by atoms with Crippen molar-refractivity contribution >= 4 is 28.7 Å². The number of aryl methyl sites for hydroxylation is 1. The predicted octanol–water partition coefficient (Wildman–Crippen LogP) is 4.91. The van der Waals surface area contributed by atoms with Gasteiger partial charge in [-0.05, 0) is 62.2 Å². The average Bonchev–Trinajstić information content (AvgIpc) is 3.52. The van der Waals surface area contributed by atoms with Crippen LogP contribution in [-0.2, 0) is 12.3 Å². The van der Waals surface area contributed by atoms with Crippen LogP contribution < -0.4 is 5.32 Å². The first-order valence-electron chi connectivity index (χ1n) is 12.2. The van der Waals surface area contributed by atoms with E-state index in [-0.39, 0.29) is 5.91 Å². The first kappa shape index (κ1) is 23.6. The maximum Gasteiger partial charge on any atom is 0.251 e. The third-order valence-corrected chi connectivity index (χ3v) is 7.52. The Morgan fingerprint density at radius 3 is 2.51 bits per heavy atom. The fourth-order valence-electron chi connectivity index (χ4n) is 4.42. The van der Waals surface area contributed by atoms with Gasteiger partial charge in [-0.3, -0.25) is 9.78 Å². The van der Waals surface area contributed by atoms with Crippen LogP contribution in [0.25, 0.3) is 11.0 Å². The van der Waals surface area contributed by atoms with Gasteiger partial charge in [-0.2, -0.15) is 0 Å². The lowest BCUT2D eigenvalue weighted by atomic mass is 10.1. The number of pyridine rings is 1. The summed E-state index contributed by atoms with van der Waals surface area (Å²) in [5.74, 6) is 0.775. The van der Waals surface area contributed by atoms with Crippen LogP contribution in [0.3, 0.4) is 0 Å². The zero-order valence-electron chi connectivity index (χ0n) is 20.1. The van der Waals surface area contributed by atoms with Gasteiger partial charge in [-0.15, -0.1) is 0 Å². The van der Waals surface area contributed by atoms with Crippen molar-refractivity contribution < 1.29 is 4.79 Å². The number of benzene rings is 2. The lowest BCUT2D eigenvalue weighted by Crippen LogP contribution is -2.33. The van der Waals surface area contributed by atoms with Gasteiger partial charge in [0.25, 0.3) is 5.91 Å². The second-order valence-corrected chi connectivity index (χ2v) is 10.1. The summed E-state index contributed by atoms with van der Waals surface area (Å²) < 4.78 is 2.24. The highest BCUT2D eigenvalue weighted by atomic mass is 32.2. The fourth-order valence-corrected chi connectivity index (χ4v) is 5.39. The van der Waals surface area contributed by atoms with Crippen LogP contribution in [0.4, 0.5) is 0 Å². The Morgan fingerprint density at radius 1 is 1.00 bits per heavy atom. The Kier molecular flexibility index (Phi) is 7.45. The number of hydrogen-bond acceptors (Lipinski definition) is 5. The second kappa shape index (κ2) is 11.1. The van der Waals surface area contributed by atoms with Gasteiger partial charge in [0.1, 0.15) is 0 Å². The number of nitrogens with zero attached hydrogens (tertiary/aromatic N) is 4. The average molecular weight is 486 g/mol. The highest BCUT2D eigenvalue weighted by Gasteiger charge is 2.14. The zero-order valence-corrected chi connectivity index (χ0v) is 20.9. The summed E-state index contributed by atoms with van der Waals surface area (Å²) in [5.41, 5.74) is 6.35. The summed E-state index contributed by atoms with van der Waals surface area (Å²) in [6, 6.07) is 18.5. The molecule has 2 aromatic heterocycles. The third-order valence-electron chi connectivity index (χ3n) is 6.47. The largest absolute Gasteiger partial charge is 0.351 e. The number of fused-ring (bicyclic) bond motifs is 1. The molecule has 2 aromatic carbocycles. The molecule has 0 spiro atoms. The molecule has 0 radical (unpaired) electrons. The van der Waals surface area contributed by atoms with Crippen molar-refractivity contribution in [3.63, 3.8) is 0 Å². The molecule has 1 aliphatic heterocycles.